The number of aromatic nitrogens is 1. The lowest BCUT2D eigenvalue weighted by atomic mass is 10.1. The second-order valence-corrected chi connectivity index (χ2v) is 13.6. The Morgan fingerprint density at radius 2 is 1.92 bits per heavy atom. The number of halogens is 1. The van der Waals surface area contributed by atoms with Gasteiger partial charge in [0.05, 0.1) is 29.5 Å². The number of carbonyl (C=O) groups is 4. The molecule has 1 aliphatic carbocycles. The van der Waals surface area contributed by atoms with E-state index < -0.39 is 45.1 Å². The summed E-state index contributed by atoms with van der Waals surface area (Å²) < 4.78 is 38.2. The first-order valence-corrected chi connectivity index (χ1v) is 16.0. The Labute approximate surface area is 239 Å². The van der Waals surface area contributed by atoms with Crippen LogP contribution in [0.4, 0.5) is 5.00 Å². The van der Waals surface area contributed by atoms with Crippen molar-refractivity contribution in [1.82, 2.24) is 4.57 Å². The molecule has 0 bridgehead atoms. The quantitative estimate of drug-likeness (QED) is 0.345. The number of aryl methyl sites for hydroxylation is 1. The second kappa shape index (κ2) is 12.1. The number of ether oxygens (including phenoxy) is 2. The van der Waals surface area contributed by atoms with Gasteiger partial charge in [-0.1, -0.05) is 27.3 Å². The Kier molecular flexibility index (Phi) is 9.03. The number of carbonyl (C=O) groups excluding carboxylic acids is 4. The van der Waals surface area contributed by atoms with Crippen LogP contribution in [0.1, 0.15) is 34.1 Å². The molecular weight excluding hydrogens is 634 g/mol. The van der Waals surface area contributed by atoms with Crippen LogP contribution >= 0.6 is 38.6 Å². The maximum atomic E-state index is 12.7. The number of anilines is 1. The number of thiophene rings is 1. The number of amides is 2. The van der Waals surface area contributed by atoms with E-state index >= 15 is 0 Å². The number of thiazole rings is 1. The molecule has 11 nitrogen and oxygen atoms in total. The van der Waals surface area contributed by atoms with Crippen LogP contribution in [0.15, 0.2) is 27.7 Å². The van der Waals surface area contributed by atoms with E-state index in [1.165, 1.54) is 23.0 Å². The van der Waals surface area contributed by atoms with Crippen molar-refractivity contribution in [2.45, 2.75) is 32.7 Å². The molecule has 2 heterocycles. The summed E-state index contributed by atoms with van der Waals surface area (Å²) in [6, 6.07) is 5.27. The first-order valence-electron chi connectivity index (χ1n) is 11.8. The van der Waals surface area contributed by atoms with Gasteiger partial charge in [0.1, 0.15) is 23.1 Å². The summed E-state index contributed by atoms with van der Waals surface area (Å²) in [5.74, 6) is -4.99. The van der Waals surface area contributed by atoms with Gasteiger partial charge < -0.3 is 19.4 Å². The molecule has 0 atom stereocenters. The predicted molar refractivity (Wildman–Crippen MR) is 150 cm³/mol. The van der Waals surface area contributed by atoms with Gasteiger partial charge in [-0.05, 0) is 49.9 Å². The average Bonchev–Trinajstić information content (AvgIpc) is 3.51. The van der Waals surface area contributed by atoms with Crippen LogP contribution in [-0.2, 0) is 53.1 Å². The fraction of sp³-hybridized carbons (Fsp3) is 0.375. The van der Waals surface area contributed by atoms with Crippen molar-refractivity contribution in [3.63, 3.8) is 0 Å². The van der Waals surface area contributed by atoms with Gasteiger partial charge in [0, 0.05) is 9.35 Å². The van der Waals surface area contributed by atoms with E-state index in [0.717, 1.165) is 39.1 Å². The number of hydrogen-bond acceptors (Lipinski definition) is 10. The zero-order chi connectivity index (χ0) is 28.3. The van der Waals surface area contributed by atoms with E-state index in [0.29, 0.717) is 16.6 Å². The van der Waals surface area contributed by atoms with Crippen LogP contribution in [0.3, 0.4) is 0 Å². The number of nitrogens with zero attached hydrogens (tertiary/aromatic N) is 2. The normalized spacial score (nSPS) is 13.4. The zero-order valence-corrected chi connectivity index (χ0v) is 25.0. The lowest BCUT2D eigenvalue weighted by molar-refractivity contribution is -0.141. The standard InChI is InChI=1S/C24H24BrN3O8S3/c1-3-36-23(32)21-14-5-4-6-16(14)37-22(21)26-18(29)11-39(33,34)12-19(30)27-24-28(10-20(31)35-2)15-8-7-13(25)9-17(15)38-24/h7-9H,3-6,10-12H2,1-2H3,(H,26,29). The lowest BCUT2D eigenvalue weighted by Gasteiger charge is -2.08. The highest BCUT2D eigenvalue weighted by molar-refractivity contribution is 9.10. The summed E-state index contributed by atoms with van der Waals surface area (Å²) in [6.45, 7) is 1.60. The summed E-state index contributed by atoms with van der Waals surface area (Å²) in [4.78, 5) is 54.7. The Hall–Kier alpha value is -2.88. The van der Waals surface area contributed by atoms with Gasteiger partial charge in [0.2, 0.25) is 5.91 Å². The van der Waals surface area contributed by atoms with Gasteiger partial charge in [-0.2, -0.15) is 4.99 Å². The average molecular weight is 659 g/mol. The summed E-state index contributed by atoms with van der Waals surface area (Å²) in [5.41, 5.74) is 1.70. The summed E-state index contributed by atoms with van der Waals surface area (Å²) in [7, 11) is -2.98. The van der Waals surface area contributed by atoms with Crippen molar-refractivity contribution in [3.8, 4) is 0 Å². The number of hydrogen-bond donors (Lipinski definition) is 1. The molecule has 1 aromatic carbocycles. The summed E-state index contributed by atoms with van der Waals surface area (Å²) in [5, 5.41) is 2.76. The van der Waals surface area contributed by atoms with Crippen molar-refractivity contribution in [2.75, 3.05) is 30.5 Å². The van der Waals surface area contributed by atoms with Crippen molar-refractivity contribution >= 4 is 87.4 Å². The molecule has 0 aliphatic heterocycles. The molecule has 2 amide bonds. The first-order chi connectivity index (χ1) is 18.5. The van der Waals surface area contributed by atoms with Crippen molar-refractivity contribution in [2.24, 2.45) is 4.99 Å². The van der Waals surface area contributed by atoms with Crippen LogP contribution in [-0.4, -0.2) is 62.0 Å². The Bertz CT molecular complexity index is 1650. The highest BCUT2D eigenvalue weighted by atomic mass is 79.9. The van der Waals surface area contributed by atoms with E-state index in [4.69, 9.17) is 9.47 Å². The first kappa shape index (κ1) is 29.1. The molecule has 0 saturated heterocycles. The minimum atomic E-state index is -4.21. The van der Waals surface area contributed by atoms with E-state index in [1.807, 2.05) is 0 Å². The van der Waals surface area contributed by atoms with E-state index in [9.17, 15) is 27.6 Å². The van der Waals surface area contributed by atoms with Crippen LogP contribution in [0, 0.1) is 0 Å². The van der Waals surface area contributed by atoms with Gasteiger partial charge in [0.25, 0.3) is 5.91 Å². The number of esters is 2. The van der Waals surface area contributed by atoms with Crippen LogP contribution in [0.25, 0.3) is 10.2 Å². The topological polar surface area (TPSA) is 150 Å². The fourth-order valence-corrected chi connectivity index (χ4v) is 8.04. The molecule has 4 rings (SSSR count). The van der Waals surface area contributed by atoms with Gasteiger partial charge in [-0.3, -0.25) is 14.4 Å². The molecule has 15 heteroatoms. The number of nitrogens with one attached hydrogen (secondary N) is 1. The number of benzene rings is 1. The molecule has 208 valence electrons. The molecule has 1 aliphatic rings. The van der Waals surface area contributed by atoms with Crippen molar-refractivity contribution in [3.05, 3.63) is 43.5 Å². The zero-order valence-electron chi connectivity index (χ0n) is 20.9. The lowest BCUT2D eigenvalue weighted by Crippen LogP contribution is -2.29. The molecule has 0 spiro atoms. The monoisotopic (exact) mass is 657 g/mol. The van der Waals surface area contributed by atoms with Crippen LogP contribution in [0.2, 0.25) is 0 Å². The minimum absolute atomic E-state index is 0.116. The molecule has 0 radical (unpaired) electrons. The maximum Gasteiger partial charge on any atom is 0.341 e. The largest absolute Gasteiger partial charge is 0.468 e. The molecule has 0 saturated carbocycles. The number of methoxy groups -OCH3 is 1. The molecule has 3 aromatic rings. The van der Waals surface area contributed by atoms with Gasteiger partial charge in [0.15, 0.2) is 14.6 Å². The molecule has 0 unspecified atom stereocenters. The molecule has 1 N–H and O–H groups in total. The highest BCUT2D eigenvalue weighted by Gasteiger charge is 2.29. The second-order valence-electron chi connectivity index (χ2n) is 8.53. The number of rotatable bonds is 9. The third-order valence-electron chi connectivity index (χ3n) is 5.73. The van der Waals surface area contributed by atoms with Gasteiger partial charge in [-0.15, -0.1) is 11.3 Å². The molecular formula is C24H24BrN3O8S3. The SMILES string of the molecule is CCOC(=O)c1c(NC(=O)CS(=O)(=O)CC(=O)N=c2sc3cc(Br)ccc3n2CC(=O)OC)sc2c1CCC2. The fourth-order valence-electron chi connectivity index (χ4n) is 4.13. The van der Waals surface area contributed by atoms with Crippen LogP contribution < -0.4 is 10.1 Å². The van der Waals surface area contributed by atoms with E-state index in [1.54, 1.807) is 25.1 Å². The van der Waals surface area contributed by atoms with E-state index in [2.05, 4.69) is 26.2 Å². The Morgan fingerprint density at radius 3 is 2.64 bits per heavy atom. The van der Waals surface area contributed by atoms with Gasteiger partial charge in [-0.25, -0.2) is 13.2 Å². The minimum Gasteiger partial charge on any atom is -0.468 e. The molecule has 2 aromatic heterocycles. The molecule has 39 heavy (non-hydrogen) atoms. The van der Waals surface area contributed by atoms with Crippen LogP contribution in [0.5, 0.6) is 0 Å². The van der Waals surface area contributed by atoms with Crippen molar-refractivity contribution in [1.29, 1.82) is 0 Å². The third-order valence-corrected chi connectivity index (χ3v) is 9.86. The van der Waals surface area contributed by atoms with Gasteiger partial charge >= 0.3 is 11.9 Å². The smallest absolute Gasteiger partial charge is 0.341 e. The van der Waals surface area contributed by atoms with E-state index in [-0.39, 0.29) is 28.5 Å². The highest BCUT2D eigenvalue weighted by Crippen LogP contribution is 2.39. The Balaban J connectivity index is 1.51. The molecule has 0 fully saturated rings. The Morgan fingerprint density at radius 1 is 1.15 bits per heavy atom. The maximum absolute atomic E-state index is 12.7. The third kappa shape index (κ3) is 6.83. The predicted octanol–water partition coefficient (Wildman–Crippen LogP) is 2.85. The van der Waals surface area contributed by atoms with Crippen molar-refractivity contribution < 1.29 is 37.1 Å². The number of sulfone groups is 1. The summed E-state index contributed by atoms with van der Waals surface area (Å²) >= 11 is 5.70. The number of fused-ring (bicyclic) bond motifs is 2. The summed E-state index contributed by atoms with van der Waals surface area (Å²) in [6.07, 6.45) is 2.33.